The second-order valence-corrected chi connectivity index (χ2v) is 6.67. The number of hydrogen-bond acceptors (Lipinski definition) is 3. The topological polar surface area (TPSA) is 35.6 Å². The standard InChI is InChI=1S/C20H20FN3O/c1-14-9-10-23(12-14)24(16-5-3-2-4-6-16)13-18-17-11-15(21)7-8-19(17)22-20(18)25/h2-8,11,13-14H,9-10,12H2,1H3,(H,22,25). The average Bonchev–Trinajstić information content (AvgIpc) is 3.16. The van der Waals surface area contributed by atoms with E-state index in [1.54, 1.807) is 6.07 Å². The van der Waals surface area contributed by atoms with E-state index in [0.29, 0.717) is 22.7 Å². The first-order valence-electron chi connectivity index (χ1n) is 8.54. The van der Waals surface area contributed by atoms with Gasteiger partial charge in [0, 0.05) is 30.5 Å². The molecule has 2 aliphatic rings. The van der Waals surface area contributed by atoms with E-state index in [2.05, 4.69) is 17.2 Å². The molecule has 2 aromatic carbocycles. The average molecular weight is 337 g/mol. The molecule has 1 unspecified atom stereocenters. The number of carbonyl (C=O) groups is 1. The molecule has 2 heterocycles. The molecule has 0 saturated carbocycles. The van der Waals surface area contributed by atoms with Gasteiger partial charge in [0.25, 0.3) is 5.91 Å². The Kier molecular flexibility index (Phi) is 4.01. The number of amides is 1. The predicted octanol–water partition coefficient (Wildman–Crippen LogP) is 3.88. The summed E-state index contributed by atoms with van der Waals surface area (Å²) in [6.45, 7) is 4.08. The van der Waals surface area contributed by atoms with Crippen LogP contribution in [0.3, 0.4) is 0 Å². The van der Waals surface area contributed by atoms with E-state index in [-0.39, 0.29) is 11.7 Å². The lowest BCUT2D eigenvalue weighted by Gasteiger charge is -2.31. The van der Waals surface area contributed by atoms with Crippen LogP contribution < -0.4 is 10.3 Å². The van der Waals surface area contributed by atoms with Gasteiger partial charge in [-0.05, 0) is 42.7 Å². The van der Waals surface area contributed by atoms with Gasteiger partial charge in [-0.2, -0.15) is 0 Å². The van der Waals surface area contributed by atoms with E-state index in [0.717, 1.165) is 25.2 Å². The molecule has 0 aromatic heterocycles. The van der Waals surface area contributed by atoms with E-state index in [1.807, 2.05) is 41.5 Å². The Bertz CT molecular complexity index is 834. The van der Waals surface area contributed by atoms with Crippen LogP contribution in [0.5, 0.6) is 0 Å². The van der Waals surface area contributed by atoms with E-state index >= 15 is 0 Å². The molecule has 0 radical (unpaired) electrons. The minimum Gasteiger partial charge on any atom is -0.321 e. The van der Waals surface area contributed by atoms with E-state index in [4.69, 9.17) is 0 Å². The third kappa shape index (κ3) is 3.03. The summed E-state index contributed by atoms with van der Waals surface area (Å²) in [7, 11) is 0. The van der Waals surface area contributed by atoms with Crippen molar-refractivity contribution in [2.75, 3.05) is 23.4 Å². The molecule has 4 nitrogen and oxygen atoms in total. The summed E-state index contributed by atoms with van der Waals surface area (Å²) >= 11 is 0. The number of hydrogen-bond donors (Lipinski definition) is 1. The number of halogens is 1. The quantitative estimate of drug-likeness (QED) is 0.864. The van der Waals surface area contributed by atoms with Gasteiger partial charge in [0.15, 0.2) is 0 Å². The molecule has 2 aromatic rings. The molecule has 25 heavy (non-hydrogen) atoms. The summed E-state index contributed by atoms with van der Waals surface area (Å²) in [6, 6.07) is 14.3. The van der Waals surface area contributed by atoms with E-state index in [1.165, 1.54) is 12.1 Å². The summed E-state index contributed by atoms with van der Waals surface area (Å²) in [5, 5.41) is 7.07. The van der Waals surface area contributed by atoms with Crippen molar-refractivity contribution in [1.29, 1.82) is 0 Å². The lowest BCUT2D eigenvalue weighted by molar-refractivity contribution is -0.110. The van der Waals surface area contributed by atoms with Crippen LogP contribution in [0.1, 0.15) is 18.9 Å². The van der Waals surface area contributed by atoms with Crippen molar-refractivity contribution in [3.8, 4) is 0 Å². The third-order valence-corrected chi connectivity index (χ3v) is 4.74. The molecule has 1 saturated heterocycles. The molecule has 4 rings (SSSR count). The number of anilines is 2. The zero-order valence-corrected chi connectivity index (χ0v) is 14.1. The SMILES string of the molecule is CC1CCN(N(C=C2C(=O)Nc3ccc(F)cc32)c2ccccc2)C1. The summed E-state index contributed by atoms with van der Waals surface area (Å²) in [5.41, 5.74) is 2.73. The summed E-state index contributed by atoms with van der Waals surface area (Å²) < 4.78 is 13.7. The minimum absolute atomic E-state index is 0.200. The Labute approximate surface area is 146 Å². The van der Waals surface area contributed by atoms with Crippen molar-refractivity contribution in [3.05, 3.63) is 66.1 Å². The van der Waals surface area contributed by atoms with Crippen molar-refractivity contribution < 1.29 is 9.18 Å². The van der Waals surface area contributed by atoms with Gasteiger partial charge in [0.05, 0.1) is 11.3 Å². The first-order valence-corrected chi connectivity index (χ1v) is 8.54. The highest BCUT2D eigenvalue weighted by Crippen LogP contribution is 2.34. The van der Waals surface area contributed by atoms with Crippen LogP contribution in [0.4, 0.5) is 15.8 Å². The fourth-order valence-corrected chi connectivity index (χ4v) is 3.42. The van der Waals surface area contributed by atoms with Gasteiger partial charge < -0.3 is 5.32 Å². The van der Waals surface area contributed by atoms with E-state index in [9.17, 15) is 9.18 Å². The van der Waals surface area contributed by atoms with Crippen molar-refractivity contribution in [3.63, 3.8) is 0 Å². The van der Waals surface area contributed by atoms with Gasteiger partial charge >= 0.3 is 0 Å². The minimum atomic E-state index is -0.345. The van der Waals surface area contributed by atoms with Crippen molar-refractivity contribution in [2.45, 2.75) is 13.3 Å². The molecule has 0 bridgehead atoms. The van der Waals surface area contributed by atoms with E-state index < -0.39 is 0 Å². The lowest BCUT2D eigenvalue weighted by Crippen LogP contribution is -2.37. The summed E-state index contributed by atoms with van der Waals surface area (Å²) in [6.07, 6.45) is 2.94. The second kappa shape index (κ2) is 6.33. The number of benzene rings is 2. The Morgan fingerprint density at radius 2 is 2.04 bits per heavy atom. The normalized spacial score (nSPS) is 21.4. The van der Waals surface area contributed by atoms with Gasteiger partial charge in [-0.1, -0.05) is 25.1 Å². The monoisotopic (exact) mass is 337 g/mol. The van der Waals surface area contributed by atoms with Crippen molar-refractivity contribution >= 4 is 22.9 Å². The summed E-state index contributed by atoms with van der Waals surface area (Å²) in [5.74, 6) is 0.0581. The second-order valence-electron chi connectivity index (χ2n) is 6.67. The highest BCUT2D eigenvalue weighted by molar-refractivity contribution is 6.31. The molecule has 2 aliphatic heterocycles. The van der Waals surface area contributed by atoms with Gasteiger partial charge in [-0.25, -0.2) is 9.40 Å². The van der Waals surface area contributed by atoms with Crippen LogP contribution in [0.25, 0.3) is 5.57 Å². The van der Waals surface area contributed by atoms with Gasteiger partial charge in [-0.15, -0.1) is 0 Å². The maximum absolute atomic E-state index is 13.7. The predicted molar refractivity (Wildman–Crippen MR) is 97.3 cm³/mol. The number of nitrogens with zero attached hydrogens (tertiary/aromatic N) is 2. The van der Waals surface area contributed by atoms with Crippen molar-refractivity contribution in [2.24, 2.45) is 5.92 Å². The largest absolute Gasteiger partial charge is 0.321 e. The first-order chi connectivity index (χ1) is 12.1. The van der Waals surface area contributed by atoms with Gasteiger partial charge in [-0.3, -0.25) is 9.80 Å². The maximum Gasteiger partial charge on any atom is 0.257 e. The molecule has 1 N–H and O–H groups in total. The molecular weight excluding hydrogens is 317 g/mol. The van der Waals surface area contributed by atoms with Crippen LogP contribution in [-0.4, -0.2) is 24.0 Å². The van der Waals surface area contributed by atoms with Crippen molar-refractivity contribution in [1.82, 2.24) is 5.01 Å². The molecule has 1 amide bonds. The van der Waals surface area contributed by atoms with Crippen LogP contribution in [-0.2, 0) is 4.79 Å². The number of fused-ring (bicyclic) bond motifs is 1. The number of nitrogens with one attached hydrogen (secondary N) is 1. The molecule has 0 aliphatic carbocycles. The number of para-hydroxylation sites is 1. The Hall–Kier alpha value is -2.66. The molecule has 1 atom stereocenters. The van der Waals surface area contributed by atoms with Crippen LogP contribution in [0, 0.1) is 11.7 Å². The molecular formula is C20H20FN3O. The third-order valence-electron chi connectivity index (χ3n) is 4.74. The Balaban J connectivity index is 1.77. The number of hydrazine groups is 1. The number of carbonyl (C=O) groups excluding carboxylic acids is 1. The molecule has 5 heteroatoms. The fraction of sp³-hybridized carbons (Fsp3) is 0.250. The molecule has 1 fully saturated rings. The lowest BCUT2D eigenvalue weighted by atomic mass is 10.1. The summed E-state index contributed by atoms with van der Waals surface area (Å²) in [4.78, 5) is 12.4. The fourth-order valence-electron chi connectivity index (χ4n) is 3.42. The van der Waals surface area contributed by atoms with Crippen LogP contribution >= 0.6 is 0 Å². The zero-order valence-electron chi connectivity index (χ0n) is 14.1. The molecule has 0 spiro atoms. The Morgan fingerprint density at radius 1 is 1.24 bits per heavy atom. The van der Waals surface area contributed by atoms with Crippen LogP contribution in [0.15, 0.2) is 54.7 Å². The van der Waals surface area contributed by atoms with Gasteiger partial charge in [0.1, 0.15) is 5.82 Å². The maximum atomic E-state index is 13.7. The smallest absolute Gasteiger partial charge is 0.257 e. The molecule has 128 valence electrons. The zero-order chi connectivity index (χ0) is 17.4. The highest BCUT2D eigenvalue weighted by Gasteiger charge is 2.29. The number of rotatable bonds is 3. The van der Waals surface area contributed by atoms with Gasteiger partial charge in [0.2, 0.25) is 0 Å². The first kappa shape index (κ1) is 15.8. The Morgan fingerprint density at radius 3 is 2.76 bits per heavy atom. The highest BCUT2D eigenvalue weighted by atomic mass is 19.1. The van der Waals surface area contributed by atoms with Crippen LogP contribution in [0.2, 0.25) is 0 Å².